The second kappa shape index (κ2) is 4.35. The van der Waals surface area contributed by atoms with E-state index in [1.165, 1.54) is 12.1 Å². The molecule has 1 aromatic carbocycles. The maximum absolute atomic E-state index is 12.8. The molecule has 0 saturated heterocycles. The van der Waals surface area contributed by atoms with Gasteiger partial charge >= 0.3 is 0 Å². The van der Waals surface area contributed by atoms with Crippen molar-refractivity contribution in [3.05, 3.63) is 35.6 Å². The summed E-state index contributed by atoms with van der Waals surface area (Å²) in [6.45, 7) is 2.47. The molecule has 2 unspecified atom stereocenters. The molecule has 3 heteroatoms. The second-order valence-electron chi connectivity index (χ2n) is 3.29. The van der Waals surface area contributed by atoms with E-state index in [2.05, 4.69) is 0 Å². The summed E-state index contributed by atoms with van der Waals surface area (Å²) in [5, 5.41) is 0. The molecule has 0 radical (unpaired) electrons. The minimum atomic E-state index is -0.253. The van der Waals surface area contributed by atoms with Crippen molar-refractivity contribution in [2.75, 3.05) is 6.54 Å². The van der Waals surface area contributed by atoms with Crippen LogP contribution >= 0.6 is 0 Å². The number of benzene rings is 1. The first-order chi connectivity index (χ1) is 6.15. The van der Waals surface area contributed by atoms with Crippen molar-refractivity contribution in [3.63, 3.8) is 0 Å². The highest BCUT2D eigenvalue weighted by molar-refractivity contribution is 5.20. The molecule has 1 aromatic rings. The van der Waals surface area contributed by atoms with Gasteiger partial charge in [-0.1, -0.05) is 19.1 Å². The molecule has 0 fully saturated rings. The van der Waals surface area contributed by atoms with Gasteiger partial charge in [-0.05, 0) is 30.2 Å². The molecule has 0 bridgehead atoms. The van der Waals surface area contributed by atoms with Crippen LogP contribution in [-0.4, -0.2) is 6.54 Å². The van der Waals surface area contributed by atoms with Crippen molar-refractivity contribution in [1.82, 2.24) is 0 Å². The predicted molar refractivity (Wildman–Crippen MR) is 51.5 cm³/mol. The van der Waals surface area contributed by atoms with Gasteiger partial charge in [0.25, 0.3) is 0 Å². The number of rotatable bonds is 3. The second-order valence-corrected chi connectivity index (χ2v) is 3.29. The van der Waals surface area contributed by atoms with Crippen molar-refractivity contribution in [1.29, 1.82) is 0 Å². The Hall–Kier alpha value is -0.930. The highest BCUT2D eigenvalue weighted by Crippen LogP contribution is 2.18. The quantitative estimate of drug-likeness (QED) is 0.742. The molecule has 1 rings (SSSR count). The van der Waals surface area contributed by atoms with E-state index < -0.39 is 0 Å². The number of hydrogen-bond donors (Lipinski definition) is 2. The third-order valence-electron chi connectivity index (χ3n) is 2.22. The molecular formula is C10H15FN2. The first-order valence-electron chi connectivity index (χ1n) is 4.36. The highest BCUT2D eigenvalue weighted by atomic mass is 19.1. The lowest BCUT2D eigenvalue weighted by Crippen LogP contribution is -2.25. The molecule has 13 heavy (non-hydrogen) atoms. The zero-order valence-electron chi connectivity index (χ0n) is 7.70. The lowest BCUT2D eigenvalue weighted by atomic mass is 9.95. The van der Waals surface area contributed by atoms with Gasteiger partial charge in [0.2, 0.25) is 0 Å². The molecule has 2 nitrogen and oxygen atoms in total. The molecule has 0 amide bonds. The molecular weight excluding hydrogens is 167 g/mol. The van der Waals surface area contributed by atoms with Crippen LogP contribution in [0.5, 0.6) is 0 Å². The fourth-order valence-electron chi connectivity index (χ4n) is 1.19. The summed E-state index contributed by atoms with van der Waals surface area (Å²) < 4.78 is 12.8. The first kappa shape index (κ1) is 10.2. The van der Waals surface area contributed by atoms with Gasteiger partial charge in [0, 0.05) is 6.04 Å². The standard InChI is InChI=1S/C10H15FN2/c1-7(6-12)10(13)8-3-2-4-9(11)5-8/h2-5,7,10H,6,12-13H2,1H3. The maximum atomic E-state index is 12.8. The topological polar surface area (TPSA) is 52.0 Å². The average molecular weight is 182 g/mol. The fraction of sp³-hybridized carbons (Fsp3) is 0.400. The van der Waals surface area contributed by atoms with E-state index in [4.69, 9.17) is 11.5 Å². The van der Waals surface area contributed by atoms with Gasteiger partial charge in [0.15, 0.2) is 0 Å². The van der Waals surface area contributed by atoms with Crippen LogP contribution in [0.1, 0.15) is 18.5 Å². The van der Waals surface area contributed by atoms with Gasteiger partial charge in [0.05, 0.1) is 0 Å². The van der Waals surface area contributed by atoms with Gasteiger partial charge in [-0.25, -0.2) is 4.39 Å². The van der Waals surface area contributed by atoms with E-state index in [0.717, 1.165) is 5.56 Å². The van der Waals surface area contributed by atoms with Crippen molar-refractivity contribution in [3.8, 4) is 0 Å². The summed E-state index contributed by atoms with van der Waals surface area (Å²) in [5.74, 6) is -0.0843. The van der Waals surface area contributed by atoms with Crippen LogP contribution in [0.15, 0.2) is 24.3 Å². The molecule has 0 spiro atoms. The Bertz CT molecular complexity index is 275. The molecule has 72 valence electrons. The third kappa shape index (κ3) is 2.50. The Kier molecular flexibility index (Phi) is 3.39. The Morgan fingerprint density at radius 2 is 2.15 bits per heavy atom. The maximum Gasteiger partial charge on any atom is 0.123 e. The summed E-state index contributed by atoms with van der Waals surface area (Å²) in [6, 6.07) is 6.16. The van der Waals surface area contributed by atoms with Crippen LogP contribution < -0.4 is 11.5 Å². The number of halogens is 1. The van der Waals surface area contributed by atoms with Gasteiger partial charge in [-0.3, -0.25) is 0 Å². The van der Waals surface area contributed by atoms with Crippen LogP contribution in [-0.2, 0) is 0 Å². The minimum Gasteiger partial charge on any atom is -0.330 e. The zero-order valence-corrected chi connectivity index (χ0v) is 7.70. The van der Waals surface area contributed by atoms with Gasteiger partial charge in [-0.15, -0.1) is 0 Å². The Balaban J connectivity index is 2.82. The highest BCUT2D eigenvalue weighted by Gasteiger charge is 2.13. The number of hydrogen-bond acceptors (Lipinski definition) is 2. The van der Waals surface area contributed by atoms with Crippen molar-refractivity contribution in [2.24, 2.45) is 17.4 Å². The van der Waals surface area contributed by atoms with Gasteiger partial charge in [-0.2, -0.15) is 0 Å². The monoisotopic (exact) mass is 182 g/mol. The third-order valence-corrected chi connectivity index (χ3v) is 2.22. The lowest BCUT2D eigenvalue weighted by molar-refractivity contribution is 0.478. The van der Waals surface area contributed by atoms with E-state index in [-0.39, 0.29) is 17.8 Å². The van der Waals surface area contributed by atoms with Crippen LogP contribution in [0.3, 0.4) is 0 Å². The SMILES string of the molecule is CC(CN)C(N)c1cccc(F)c1. The van der Waals surface area contributed by atoms with Crippen LogP contribution in [0.25, 0.3) is 0 Å². The average Bonchev–Trinajstić information content (AvgIpc) is 2.15. The van der Waals surface area contributed by atoms with E-state index in [0.29, 0.717) is 6.54 Å². The van der Waals surface area contributed by atoms with Crippen LogP contribution in [0.4, 0.5) is 4.39 Å². The summed E-state index contributed by atoms with van der Waals surface area (Å²) in [7, 11) is 0. The molecule has 2 atom stereocenters. The fourth-order valence-corrected chi connectivity index (χ4v) is 1.19. The zero-order chi connectivity index (χ0) is 9.84. The van der Waals surface area contributed by atoms with Gasteiger partial charge in [0.1, 0.15) is 5.82 Å². The lowest BCUT2D eigenvalue weighted by Gasteiger charge is -2.18. The molecule has 0 heterocycles. The summed E-state index contributed by atoms with van der Waals surface area (Å²) in [6.07, 6.45) is 0. The molecule has 0 aromatic heterocycles. The summed E-state index contributed by atoms with van der Waals surface area (Å²) >= 11 is 0. The largest absolute Gasteiger partial charge is 0.330 e. The summed E-state index contributed by atoms with van der Waals surface area (Å²) in [5.41, 5.74) is 12.1. The Morgan fingerprint density at radius 1 is 1.46 bits per heavy atom. The molecule has 0 aliphatic rings. The smallest absolute Gasteiger partial charge is 0.123 e. The Labute approximate surface area is 77.7 Å². The Morgan fingerprint density at radius 3 is 2.69 bits per heavy atom. The van der Waals surface area contributed by atoms with Gasteiger partial charge < -0.3 is 11.5 Å². The summed E-state index contributed by atoms with van der Waals surface area (Å²) in [4.78, 5) is 0. The van der Waals surface area contributed by atoms with Crippen molar-refractivity contribution >= 4 is 0 Å². The number of nitrogens with two attached hydrogens (primary N) is 2. The predicted octanol–water partition coefficient (Wildman–Crippen LogP) is 1.42. The molecule has 0 saturated carbocycles. The first-order valence-corrected chi connectivity index (χ1v) is 4.36. The molecule has 0 aliphatic carbocycles. The van der Waals surface area contributed by atoms with E-state index in [1.807, 2.05) is 13.0 Å². The van der Waals surface area contributed by atoms with E-state index in [9.17, 15) is 4.39 Å². The van der Waals surface area contributed by atoms with E-state index in [1.54, 1.807) is 6.07 Å². The normalized spacial score (nSPS) is 15.4. The molecule has 0 aliphatic heterocycles. The van der Waals surface area contributed by atoms with Crippen molar-refractivity contribution < 1.29 is 4.39 Å². The van der Waals surface area contributed by atoms with Crippen LogP contribution in [0.2, 0.25) is 0 Å². The van der Waals surface area contributed by atoms with Crippen molar-refractivity contribution in [2.45, 2.75) is 13.0 Å². The van der Waals surface area contributed by atoms with Crippen LogP contribution in [0, 0.1) is 11.7 Å². The van der Waals surface area contributed by atoms with E-state index >= 15 is 0 Å². The minimum absolute atomic E-state index is 0.168. The molecule has 4 N–H and O–H groups in total.